The Labute approximate surface area is 137 Å². The molecule has 1 aromatic carbocycles. The Morgan fingerprint density at radius 2 is 2.00 bits per heavy atom. The Bertz CT molecular complexity index is 458. The fourth-order valence-electron chi connectivity index (χ4n) is 2.58. The molecule has 2 rings (SSSR count). The van der Waals surface area contributed by atoms with Gasteiger partial charge in [-0.2, -0.15) is 0 Å². The van der Waals surface area contributed by atoms with Crippen LogP contribution in [0.15, 0.2) is 29.2 Å². The lowest BCUT2D eigenvalue weighted by molar-refractivity contribution is -0.120. The van der Waals surface area contributed by atoms with E-state index in [-0.39, 0.29) is 11.2 Å². The molecule has 0 radical (unpaired) electrons. The first-order valence-electron chi connectivity index (χ1n) is 8.00. The van der Waals surface area contributed by atoms with Crippen molar-refractivity contribution in [3.8, 4) is 5.75 Å². The van der Waals surface area contributed by atoms with E-state index < -0.39 is 0 Å². The van der Waals surface area contributed by atoms with Gasteiger partial charge in [0.25, 0.3) is 0 Å². The van der Waals surface area contributed by atoms with E-state index >= 15 is 0 Å². The highest BCUT2D eigenvalue weighted by molar-refractivity contribution is 8.00. The molecule has 0 saturated carbocycles. The van der Waals surface area contributed by atoms with Crippen LogP contribution >= 0.6 is 11.8 Å². The van der Waals surface area contributed by atoms with Gasteiger partial charge in [0, 0.05) is 11.4 Å². The molecule has 1 aromatic rings. The van der Waals surface area contributed by atoms with Crippen LogP contribution in [-0.2, 0) is 4.79 Å². The zero-order chi connectivity index (χ0) is 15.8. The number of amides is 1. The topological polar surface area (TPSA) is 41.6 Å². The lowest BCUT2D eigenvalue weighted by Gasteiger charge is -2.15. The van der Waals surface area contributed by atoms with Crippen molar-refractivity contribution in [1.82, 2.24) is 10.2 Å². The van der Waals surface area contributed by atoms with E-state index in [1.54, 1.807) is 18.9 Å². The third-order valence-corrected chi connectivity index (χ3v) is 5.00. The third-order valence-electron chi connectivity index (χ3n) is 3.89. The van der Waals surface area contributed by atoms with Crippen LogP contribution in [-0.4, -0.2) is 49.3 Å². The molecule has 1 amide bonds. The van der Waals surface area contributed by atoms with Crippen LogP contribution in [0.1, 0.15) is 26.2 Å². The summed E-state index contributed by atoms with van der Waals surface area (Å²) < 4.78 is 5.14. The van der Waals surface area contributed by atoms with Gasteiger partial charge in [0.15, 0.2) is 0 Å². The van der Waals surface area contributed by atoms with Gasteiger partial charge in [-0.3, -0.25) is 4.79 Å². The molecule has 0 aliphatic carbocycles. The predicted molar refractivity (Wildman–Crippen MR) is 91.6 cm³/mol. The Kier molecular flexibility index (Phi) is 7.06. The number of nitrogens with zero attached hydrogens (tertiary/aromatic N) is 1. The summed E-state index contributed by atoms with van der Waals surface area (Å²) in [5.41, 5.74) is 0. The normalized spacial score (nSPS) is 16.5. The maximum absolute atomic E-state index is 12.1. The largest absolute Gasteiger partial charge is 0.497 e. The summed E-state index contributed by atoms with van der Waals surface area (Å²) in [5, 5.41) is 2.95. The quantitative estimate of drug-likeness (QED) is 0.590. The fraction of sp³-hybridized carbons (Fsp3) is 0.588. The minimum absolute atomic E-state index is 0.0832. The van der Waals surface area contributed by atoms with Crippen molar-refractivity contribution in [2.75, 3.05) is 33.3 Å². The third kappa shape index (κ3) is 5.54. The van der Waals surface area contributed by atoms with Crippen LogP contribution in [0.5, 0.6) is 5.75 Å². The zero-order valence-electron chi connectivity index (χ0n) is 13.5. The molecule has 4 nitrogen and oxygen atoms in total. The zero-order valence-corrected chi connectivity index (χ0v) is 14.3. The molecule has 22 heavy (non-hydrogen) atoms. The number of carbonyl (C=O) groups is 1. The lowest BCUT2D eigenvalue weighted by Crippen LogP contribution is -2.33. The molecule has 1 fully saturated rings. The number of nitrogens with one attached hydrogen (secondary N) is 1. The second kappa shape index (κ2) is 9.06. The molecule has 0 bridgehead atoms. The van der Waals surface area contributed by atoms with Crippen LogP contribution in [0.2, 0.25) is 0 Å². The summed E-state index contributed by atoms with van der Waals surface area (Å²) >= 11 is 1.58. The number of ether oxygens (including phenoxy) is 1. The van der Waals surface area contributed by atoms with E-state index in [1.165, 1.54) is 25.9 Å². The van der Waals surface area contributed by atoms with E-state index in [9.17, 15) is 4.79 Å². The van der Waals surface area contributed by atoms with Crippen LogP contribution < -0.4 is 10.1 Å². The molecule has 5 heteroatoms. The molecule has 1 saturated heterocycles. The number of rotatable bonds is 8. The monoisotopic (exact) mass is 322 g/mol. The average Bonchev–Trinajstić information content (AvgIpc) is 3.05. The van der Waals surface area contributed by atoms with Gasteiger partial charge >= 0.3 is 0 Å². The molecule has 1 unspecified atom stereocenters. The summed E-state index contributed by atoms with van der Waals surface area (Å²) in [7, 11) is 1.65. The van der Waals surface area contributed by atoms with Crippen molar-refractivity contribution >= 4 is 17.7 Å². The van der Waals surface area contributed by atoms with E-state index in [1.807, 2.05) is 31.2 Å². The highest BCUT2D eigenvalue weighted by atomic mass is 32.2. The number of carbonyl (C=O) groups excluding carboxylic acids is 1. The van der Waals surface area contributed by atoms with Crippen LogP contribution in [0.3, 0.4) is 0 Å². The minimum atomic E-state index is -0.0832. The molecule has 122 valence electrons. The van der Waals surface area contributed by atoms with Gasteiger partial charge in [-0.1, -0.05) is 0 Å². The molecule has 0 spiro atoms. The van der Waals surface area contributed by atoms with Gasteiger partial charge in [0.2, 0.25) is 5.91 Å². The maximum Gasteiger partial charge on any atom is 0.233 e. The number of benzene rings is 1. The Morgan fingerprint density at radius 1 is 1.32 bits per heavy atom. The lowest BCUT2D eigenvalue weighted by atomic mass is 10.3. The first kappa shape index (κ1) is 17.2. The van der Waals surface area contributed by atoms with Gasteiger partial charge < -0.3 is 15.0 Å². The van der Waals surface area contributed by atoms with Crippen molar-refractivity contribution < 1.29 is 9.53 Å². The smallest absolute Gasteiger partial charge is 0.233 e. The van der Waals surface area contributed by atoms with Crippen molar-refractivity contribution in [3.63, 3.8) is 0 Å². The first-order chi connectivity index (χ1) is 10.7. The van der Waals surface area contributed by atoms with Gasteiger partial charge in [-0.25, -0.2) is 0 Å². The van der Waals surface area contributed by atoms with Gasteiger partial charge in [0.1, 0.15) is 5.75 Å². The standard InChI is InChI=1S/C17H26N2O2S/c1-14(22-16-8-6-15(21-2)7-9-16)17(20)18-10-5-13-19-11-3-4-12-19/h6-9,14H,3-5,10-13H2,1-2H3,(H,18,20). The number of hydrogen-bond donors (Lipinski definition) is 1. The van der Waals surface area contributed by atoms with Gasteiger partial charge in [-0.15, -0.1) is 11.8 Å². The van der Waals surface area contributed by atoms with E-state index in [2.05, 4.69) is 10.2 Å². The highest BCUT2D eigenvalue weighted by Gasteiger charge is 2.14. The first-order valence-corrected chi connectivity index (χ1v) is 8.88. The second-order valence-electron chi connectivity index (χ2n) is 5.63. The van der Waals surface area contributed by atoms with Crippen molar-refractivity contribution in [2.45, 2.75) is 36.3 Å². The second-order valence-corrected chi connectivity index (χ2v) is 7.04. The maximum atomic E-state index is 12.1. The van der Waals surface area contributed by atoms with Crippen molar-refractivity contribution in [1.29, 1.82) is 0 Å². The average molecular weight is 322 g/mol. The van der Waals surface area contributed by atoms with Crippen molar-refractivity contribution in [3.05, 3.63) is 24.3 Å². The number of hydrogen-bond acceptors (Lipinski definition) is 4. The Morgan fingerprint density at radius 3 is 2.64 bits per heavy atom. The van der Waals surface area contributed by atoms with E-state index in [0.29, 0.717) is 0 Å². The molecule has 1 N–H and O–H groups in total. The van der Waals surface area contributed by atoms with E-state index in [0.717, 1.165) is 30.2 Å². The molecule has 1 heterocycles. The molecule has 1 aliphatic rings. The SMILES string of the molecule is COc1ccc(SC(C)C(=O)NCCCN2CCCC2)cc1. The Hall–Kier alpha value is -1.20. The number of thioether (sulfide) groups is 1. The highest BCUT2D eigenvalue weighted by Crippen LogP contribution is 2.25. The van der Waals surface area contributed by atoms with E-state index in [4.69, 9.17) is 4.74 Å². The molecule has 1 atom stereocenters. The molecule has 1 aliphatic heterocycles. The number of likely N-dealkylation sites (tertiary alicyclic amines) is 1. The van der Waals surface area contributed by atoms with Crippen LogP contribution in [0.4, 0.5) is 0 Å². The van der Waals surface area contributed by atoms with Crippen LogP contribution in [0, 0.1) is 0 Å². The van der Waals surface area contributed by atoms with Crippen molar-refractivity contribution in [2.24, 2.45) is 0 Å². The fourth-order valence-corrected chi connectivity index (χ4v) is 3.47. The summed E-state index contributed by atoms with van der Waals surface area (Å²) in [6, 6.07) is 7.81. The predicted octanol–water partition coefficient (Wildman–Crippen LogP) is 2.78. The minimum Gasteiger partial charge on any atom is -0.497 e. The molecular weight excluding hydrogens is 296 g/mol. The Balaban J connectivity index is 1.65. The summed E-state index contributed by atoms with van der Waals surface area (Å²) in [5.74, 6) is 0.950. The summed E-state index contributed by atoms with van der Waals surface area (Å²) in [4.78, 5) is 15.7. The van der Waals surface area contributed by atoms with Gasteiger partial charge in [0.05, 0.1) is 12.4 Å². The molecule has 0 aromatic heterocycles. The summed E-state index contributed by atoms with van der Waals surface area (Å²) in [6.45, 7) is 6.25. The molecular formula is C17H26N2O2S. The van der Waals surface area contributed by atoms with Gasteiger partial charge in [-0.05, 0) is 70.1 Å². The summed E-state index contributed by atoms with van der Waals surface area (Å²) in [6.07, 6.45) is 3.68. The van der Waals surface area contributed by atoms with Crippen LogP contribution in [0.25, 0.3) is 0 Å². The number of methoxy groups -OCH3 is 1.